The maximum absolute atomic E-state index is 11.9. The minimum Gasteiger partial charge on any atom is -0.351 e. The Balaban J connectivity index is 2.03. The monoisotopic (exact) mass is 284 g/mol. The van der Waals surface area contributed by atoms with E-state index in [2.05, 4.69) is 27.5 Å². The normalized spacial score (nSPS) is 10.2. The van der Waals surface area contributed by atoms with Crippen LogP contribution in [-0.2, 0) is 0 Å². The van der Waals surface area contributed by atoms with Gasteiger partial charge in [0.25, 0.3) is 5.91 Å². The molecule has 110 valence electrons. The van der Waals surface area contributed by atoms with E-state index < -0.39 is 0 Å². The van der Waals surface area contributed by atoms with Crippen LogP contribution < -0.4 is 10.6 Å². The van der Waals surface area contributed by atoms with Crippen molar-refractivity contribution in [1.29, 1.82) is 0 Å². The fourth-order valence-corrected chi connectivity index (χ4v) is 1.80. The largest absolute Gasteiger partial charge is 0.351 e. The molecule has 2 rings (SSSR count). The summed E-state index contributed by atoms with van der Waals surface area (Å²) in [5, 5.41) is 6.00. The topological polar surface area (TPSA) is 66.9 Å². The van der Waals surface area contributed by atoms with Gasteiger partial charge >= 0.3 is 0 Å². The smallest absolute Gasteiger partial charge is 0.270 e. The van der Waals surface area contributed by atoms with E-state index in [4.69, 9.17) is 0 Å². The molecule has 0 spiro atoms. The van der Waals surface area contributed by atoms with E-state index in [1.54, 1.807) is 6.07 Å². The summed E-state index contributed by atoms with van der Waals surface area (Å²) in [5.41, 5.74) is 2.49. The number of unbranched alkanes of at least 4 members (excludes halogenated alkanes) is 1. The lowest BCUT2D eigenvalue weighted by molar-refractivity contribution is 0.0948. The van der Waals surface area contributed by atoms with Crippen molar-refractivity contribution in [2.75, 3.05) is 11.9 Å². The minimum absolute atomic E-state index is 0.169. The van der Waals surface area contributed by atoms with E-state index >= 15 is 0 Å². The van der Waals surface area contributed by atoms with Crippen LogP contribution in [0.25, 0.3) is 0 Å². The van der Waals surface area contributed by atoms with Crippen molar-refractivity contribution in [3.63, 3.8) is 0 Å². The highest BCUT2D eigenvalue weighted by Gasteiger charge is 2.08. The number of benzene rings is 1. The highest BCUT2D eigenvalue weighted by atomic mass is 16.1. The van der Waals surface area contributed by atoms with Crippen LogP contribution in [-0.4, -0.2) is 22.4 Å². The molecular formula is C16H20N4O. The summed E-state index contributed by atoms with van der Waals surface area (Å²) >= 11 is 0. The Hall–Kier alpha value is -2.43. The number of carbonyl (C=O) groups excluding carboxylic acids is 1. The first-order valence-corrected chi connectivity index (χ1v) is 7.13. The van der Waals surface area contributed by atoms with Crippen molar-refractivity contribution in [2.24, 2.45) is 0 Å². The lowest BCUT2D eigenvalue weighted by Gasteiger charge is -2.07. The Kier molecular flexibility index (Phi) is 5.26. The lowest BCUT2D eigenvalue weighted by atomic mass is 10.2. The molecule has 0 fully saturated rings. The Bertz CT molecular complexity index is 595. The molecule has 21 heavy (non-hydrogen) atoms. The van der Waals surface area contributed by atoms with Gasteiger partial charge in [-0.2, -0.15) is 0 Å². The molecule has 0 saturated heterocycles. The van der Waals surface area contributed by atoms with Gasteiger partial charge in [-0.1, -0.05) is 31.0 Å². The van der Waals surface area contributed by atoms with E-state index in [9.17, 15) is 4.79 Å². The Morgan fingerprint density at radius 2 is 1.95 bits per heavy atom. The molecule has 1 aromatic carbocycles. The van der Waals surface area contributed by atoms with Crippen molar-refractivity contribution >= 4 is 17.4 Å². The number of nitrogens with one attached hydrogen (secondary N) is 2. The second-order valence-electron chi connectivity index (χ2n) is 4.89. The van der Waals surface area contributed by atoms with Gasteiger partial charge in [-0.3, -0.25) is 4.79 Å². The third-order valence-electron chi connectivity index (χ3n) is 3.04. The average molecular weight is 284 g/mol. The van der Waals surface area contributed by atoms with Crippen LogP contribution in [0.3, 0.4) is 0 Å². The quantitative estimate of drug-likeness (QED) is 0.800. The third kappa shape index (κ3) is 4.56. The molecule has 0 bridgehead atoms. The fraction of sp³-hybridized carbons (Fsp3) is 0.312. The molecule has 5 nitrogen and oxygen atoms in total. The van der Waals surface area contributed by atoms with Crippen LogP contribution in [0.5, 0.6) is 0 Å². The summed E-state index contributed by atoms with van der Waals surface area (Å²) in [6.45, 7) is 4.79. The molecule has 1 heterocycles. The van der Waals surface area contributed by atoms with Gasteiger partial charge in [-0.25, -0.2) is 9.97 Å². The van der Waals surface area contributed by atoms with Crippen molar-refractivity contribution in [1.82, 2.24) is 15.3 Å². The Morgan fingerprint density at radius 1 is 1.19 bits per heavy atom. The van der Waals surface area contributed by atoms with Gasteiger partial charge in [0.15, 0.2) is 0 Å². The van der Waals surface area contributed by atoms with Crippen molar-refractivity contribution in [3.8, 4) is 0 Å². The van der Waals surface area contributed by atoms with Crippen molar-refractivity contribution in [3.05, 3.63) is 47.9 Å². The lowest BCUT2D eigenvalue weighted by Crippen LogP contribution is -2.25. The number of rotatable bonds is 6. The fourth-order valence-electron chi connectivity index (χ4n) is 1.80. The predicted octanol–water partition coefficient (Wildman–Crippen LogP) is 3.06. The zero-order chi connectivity index (χ0) is 15.1. The van der Waals surface area contributed by atoms with E-state index in [1.165, 1.54) is 11.9 Å². The molecule has 0 aliphatic rings. The van der Waals surface area contributed by atoms with Gasteiger partial charge in [0.2, 0.25) is 0 Å². The SMILES string of the molecule is CCCCNC(=O)c1cc(Nc2ccc(C)cc2)ncn1. The molecule has 0 saturated carbocycles. The van der Waals surface area contributed by atoms with Gasteiger partial charge in [0, 0.05) is 18.3 Å². The van der Waals surface area contributed by atoms with Gasteiger partial charge in [0.05, 0.1) is 0 Å². The zero-order valence-electron chi connectivity index (χ0n) is 12.4. The Morgan fingerprint density at radius 3 is 2.67 bits per heavy atom. The third-order valence-corrected chi connectivity index (χ3v) is 3.04. The first kappa shape index (κ1) is 15.0. The van der Waals surface area contributed by atoms with Crippen molar-refractivity contribution in [2.45, 2.75) is 26.7 Å². The average Bonchev–Trinajstić information content (AvgIpc) is 2.50. The van der Waals surface area contributed by atoms with Crippen molar-refractivity contribution < 1.29 is 4.79 Å². The molecular weight excluding hydrogens is 264 g/mol. The molecule has 1 aromatic heterocycles. The standard InChI is InChI=1S/C16H20N4O/c1-3-4-9-17-16(21)14-10-15(19-11-18-14)20-13-7-5-12(2)6-8-13/h5-8,10-11H,3-4,9H2,1-2H3,(H,17,21)(H,18,19,20). The number of nitrogens with zero attached hydrogens (tertiary/aromatic N) is 2. The van der Waals surface area contributed by atoms with E-state index in [1.807, 2.05) is 31.2 Å². The van der Waals surface area contributed by atoms with E-state index in [0.29, 0.717) is 18.1 Å². The van der Waals surface area contributed by atoms with Crippen LogP contribution in [0.1, 0.15) is 35.8 Å². The summed E-state index contributed by atoms with van der Waals surface area (Å²) in [7, 11) is 0. The van der Waals surface area contributed by atoms with Crippen LogP contribution in [0.15, 0.2) is 36.7 Å². The molecule has 2 aromatic rings. The summed E-state index contributed by atoms with van der Waals surface area (Å²) in [5.74, 6) is 0.437. The molecule has 0 aliphatic carbocycles. The van der Waals surface area contributed by atoms with Crippen LogP contribution in [0.4, 0.5) is 11.5 Å². The molecule has 0 radical (unpaired) electrons. The molecule has 1 amide bonds. The summed E-state index contributed by atoms with van der Waals surface area (Å²) in [6, 6.07) is 9.63. The number of carbonyl (C=O) groups is 1. The molecule has 0 atom stereocenters. The summed E-state index contributed by atoms with van der Waals surface area (Å²) in [6.07, 6.45) is 3.40. The molecule has 0 unspecified atom stereocenters. The second-order valence-corrected chi connectivity index (χ2v) is 4.89. The number of aromatic nitrogens is 2. The summed E-state index contributed by atoms with van der Waals surface area (Å²) in [4.78, 5) is 20.1. The second kappa shape index (κ2) is 7.38. The molecule has 0 aliphatic heterocycles. The van der Waals surface area contributed by atoms with Crippen LogP contribution >= 0.6 is 0 Å². The zero-order valence-corrected chi connectivity index (χ0v) is 12.4. The minimum atomic E-state index is -0.169. The van der Waals surface area contributed by atoms with E-state index in [-0.39, 0.29) is 5.91 Å². The van der Waals surface area contributed by atoms with Crippen LogP contribution in [0.2, 0.25) is 0 Å². The predicted molar refractivity (Wildman–Crippen MR) is 83.7 cm³/mol. The highest BCUT2D eigenvalue weighted by Crippen LogP contribution is 2.15. The van der Waals surface area contributed by atoms with Gasteiger partial charge < -0.3 is 10.6 Å². The van der Waals surface area contributed by atoms with E-state index in [0.717, 1.165) is 18.5 Å². The molecule has 5 heteroatoms. The maximum atomic E-state index is 11.9. The Labute approximate surface area is 124 Å². The maximum Gasteiger partial charge on any atom is 0.270 e. The highest BCUT2D eigenvalue weighted by molar-refractivity contribution is 5.92. The summed E-state index contributed by atoms with van der Waals surface area (Å²) < 4.78 is 0. The number of anilines is 2. The number of hydrogen-bond donors (Lipinski definition) is 2. The first-order valence-electron chi connectivity index (χ1n) is 7.13. The van der Waals surface area contributed by atoms with Gasteiger partial charge in [-0.05, 0) is 25.5 Å². The first-order chi connectivity index (χ1) is 10.2. The van der Waals surface area contributed by atoms with Gasteiger partial charge in [0.1, 0.15) is 17.8 Å². The molecule has 2 N–H and O–H groups in total. The number of amides is 1. The number of aryl methyl sites for hydroxylation is 1. The van der Waals surface area contributed by atoms with Crippen LogP contribution in [0, 0.1) is 6.92 Å². The van der Waals surface area contributed by atoms with Gasteiger partial charge in [-0.15, -0.1) is 0 Å². The number of hydrogen-bond acceptors (Lipinski definition) is 4.